The highest BCUT2D eigenvalue weighted by Gasteiger charge is 2.27. The molecule has 138 valence electrons. The molecule has 3 aromatic heterocycles. The third kappa shape index (κ3) is 3.85. The molecule has 0 aliphatic heterocycles. The molecule has 8 nitrogen and oxygen atoms in total. The molecule has 3 N–H and O–H groups in total. The zero-order chi connectivity index (χ0) is 17.9. The lowest BCUT2D eigenvalue weighted by atomic mass is 9.98. The van der Waals surface area contributed by atoms with Crippen LogP contribution in [0.25, 0.3) is 11.0 Å². The van der Waals surface area contributed by atoms with Crippen LogP contribution in [-0.2, 0) is 13.0 Å². The van der Waals surface area contributed by atoms with Gasteiger partial charge in [-0.1, -0.05) is 12.1 Å². The minimum Gasteiger partial charge on any atom is -0.396 e. The van der Waals surface area contributed by atoms with Crippen molar-refractivity contribution in [2.24, 2.45) is 11.8 Å². The summed E-state index contributed by atoms with van der Waals surface area (Å²) < 4.78 is 1.70. The molecule has 0 aromatic carbocycles. The molecule has 8 heteroatoms. The Morgan fingerprint density at radius 3 is 3.08 bits per heavy atom. The van der Waals surface area contributed by atoms with Gasteiger partial charge in [-0.25, -0.2) is 4.98 Å². The van der Waals surface area contributed by atoms with Gasteiger partial charge in [0.15, 0.2) is 5.82 Å². The van der Waals surface area contributed by atoms with Crippen LogP contribution in [0.15, 0.2) is 18.5 Å². The fraction of sp³-hybridized carbons (Fsp3) is 0.556. The quantitative estimate of drug-likeness (QED) is 0.545. The van der Waals surface area contributed by atoms with E-state index < -0.39 is 0 Å². The smallest absolute Gasteiger partial charge is 0.230 e. The zero-order valence-corrected chi connectivity index (χ0v) is 15.0. The molecule has 1 atom stereocenters. The molecule has 0 amide bonds. The highest BCUT2D eigenvalue weighted by atomic mass is 16.3. The summed E-state index contributed by atoms with van der Waals surface area (Å²) in [5.41, 5.74) is 1.91. The number of aryl methyl sites for hydroxylation is 2. The van der Waals surface area contributed by atoms with Gasteiger partial charge in [-0.2, -0.15) is 4.98 Å². The van der Waals surface area contributed by atoms with Crippen molar-refractivity contribution in [1.29, 1.82) is 0 Å². The third-order valence-electron chi connectivity index (χ3n) is 5.08. The molecule has 1 aliphatic carbocycles. The number of aromatic nitrogens is 6. The predicted molar refractivity (Wildman–Crippen MR) is 99.1 cm³/mol. The SMILES string of the molecule is C[C@H](CCc1nc(Nc2cn(CCCO)nn2)nc2[nH]ccc12)C1CC1. The number of nitrogens with zero attached hydrogens (tertiary/aromatic N) is 5. The van der Waals surface area contributed by atoms with Crippen molar-refractivity contribution in [3.63, 3.8) is 0 Å². The van der Waals surface area contributed by atoms with E-state index in [1.165, 1.54) is 12.8 Å². The van der Waals surface area contributed by atoms with Crippen molar-refractivity contribution >= 4 is 22.8 Å². The number of fused-ring (bicyclic) bond motifs is 1. The molecule has 3 aromatic rings. The van der Waals surface area contributed by atoms with Crippen LogP contribution in [0.4, 0.5) is 11.8 Å². The Morgan fingerprint density at radius 1 is 1.38 bits per heavy atom. The number of aliphatic hydroxyl groups is 1. The molecule has 0 spiro atoms. The summed E-state index contributed by atoms with van der Waals surface area (Å²) in [7, 11) is 0. The summed E-state index contributed by atoms with van der Waals surface area (Å²) >= 11 is 0. The first-order chi connectivity index (χ1) is 12.7. The normalized spacial score (nSPS) is 15.5. The van der Waals surface area contributed by atoms with Gasteiger partial charge in [0, 0.05) is 24.7 Å². The molecule has 1 fully saturated rings. The first kappa shape index (κ1) is 17.0. The number of hydrogen-bond donors (Lipinski definition) is 3. The van der Waals surface area contributed by atoms with E-state index >= 15 is 0 Å². The summed E-state index contributed by atoms with van der Waals surface area (Å²) in [6, 6.07) is 2.04. The van der Waals surface area contributed by atoms with Crippen LogP contribution in [-0.4, -0.2) is 41.7 Å². The average molecular weight is 355 g/mol. The van der Waals surface area contributed by atoms with Gasteiger partial charge in [0.05, 0.1) is 11.9 Å². The summed E-state index contributed by atoms with van der Waals surface area (Å²) in [6.45, 7) is 3.11. The molecule has 0 radical (unpaired) electrons. The number of hydrogen-bond acceptors (Lipinski definition) is 6. The molecular weight excluding hydrogens is 330 g/mol. The van der Waals surface area contributed by atoms with Gasteiger partial charge in [-0.15, -0.1) is 5.10 Å². The summed E-state index contributed by atoms with van der Waals surface area (Å²) in [6.07, 6.45) is 9.21. The third-order valence-corrected chi connectivity index (χ3v) is 5.08. The minimum absolute atomic E-state index is 0.137. The monoisotopic (exact) mass is 355 g/mol. The second-order valence-corrected chi connectivity index (χ2v) is 7.16. The van der Waals surface area contributed by atoms with Crippen LogP contribution in [0, 0.1) is 11.8 Å². The van der Waals surface area contributed by atoms with Crippen LogP contribution in [0.2, 0.25) is 0 Å². The summed E-state index contributed by atoms with van der Waals surface area (Å²) in [5, 5.41) is 21.3. The first-order valence-electron chi connectivity index (χ1n) is 9.35. The highest BCUT2D eigenvalue weighted by Crippen LogP contribution is 2.38. The maximum atomic E-state index is 8.91. The first-order valence-corrected chi connectivity index (χ1v) is 9.35. The van der Waals surface area contributed by atoms with Crippen molar-refractivity contribution in [2.45, 2.75) is 45.6 Å². The van der Waals surface area contributed by atoms with E-state index in [1.54, 1.807) is 10.9 Å². The Morgan fingerprint density at radius 2 is 2.27 bits per heavy atom. The Kier molecular flexibility index (Phi) is 4.83. The van der Waals surface area contributed by atoms with Gasteiger partial charge in [-0.05, 0) is 50.0 Å². The highest BCUT2D eigenvalue weighted by molar-refractivity contribution is 5.79. The van der Waals surface area contributed by atoms with E-state index in [9.17, 15) is 0 Å². The largest absolute Gasteiger partial charge is 0.396 e. The van der Waals surface area contributed by atoms with Crippen molar-refractivity contribution < 1.29 is 5.11 Å². The molecule has 26 heavy (non-hydrogen) atoms. The Balaban J connectivity index is 1.50. The van der Waals surface area contributed by atoms with Gasteiger partial charge < -0.3 is 15.4 Å². The number of aliphatic hydroxyl groups excluding tert-OH is 1. The fourth-order valence-corrected chi connectivity index (χ4v) is 3.33. The van der Waals surface area contributed by atoms with Gasteiger partial charge in [0.1, 0.15) is 5.65 Å². The van der Waals surface area contributed by atoms with Gasteiger partial charge in [0.25, 0.3) is 0 Å². The lowest BCUT2D eigenvalue weighted by Gasteiger charge is -2.11. The van der Waals surface area contributed by atoms with Gasteiger partial charge in [0.2, 0.25) is 5.95 Å². The predicted octanol–water partition coefficient (Wildman–Crippen LogP) is 2.65. The van der Waals surface area contributed by atoms with Gasteiger partial charge in [-0.3, -0.25) is 4.68 Å². The van der Waals surface area contributed by atoms with E-state index in [2.05, 4.69) is 32.5 Å². The molecule has 0 unspecified atom stereocenters. The Bertz CT molecular complexity index is 867. The van der Waals surface area contributed by atoms with E-state index in [0.29, 0.717) is 24.7 Å². The second-order valence-electron chi connectivity index (χ2n) is 7.16. The van der Waals surface area contributed by atoms with E-state index in [4.69, 9.17) is 10.1 Å². The molecular formula is C18H25N7O. The van der Waals surface area contributed by atoms with E-state index in [0.717, 1.165) is 41.4 Å². The molecule has 1 aliphatic rings. The number of aromatic amines is 1. The second kappa shape index (κ2) is 7.41. The van der Waals surface area contributed by atoms with Crippen LogP contribution < -0.4 is 5.32 Å². The van der Waals surface area contributed by atoms with Crippen molar-refractivity contribution in [2.75, 3.05) is 11.9 Å². The van der Waals surface area contributed by atoms with Crippen LogP contribution >= 0.6 is 0 Å². The number of anilines is 2. The maximum Gasteiger partial charge on any atom is 0.230 e. The number of nitrogens with one attached hydrogen (secondary N) is 2. The lowest BCUT2D eigenvalue weighted by molar-refractivity contribution is 0.276. The van der Waals surface area contributed by atoms with E-state index in [-0.39, 0.29) is 6.61 Å². The standard InChI is InChI=1S/C18H25N7O/c1-12(13-4-5-13)3-6-15-14-7-8-19-17(14)22-18(20-15)21-16-11-25(24-23-16)9-2-10-26/h7-8,11-13,26H,2-6,9-10H2,1H3,(H2,19,20,21,22)/t12-/m1/s1. The average Bonchev–Trinajstić information content (AvgIpc) is 3.23. The van der Waals surface area contributed by atoms with Crippen molar-refractivity contribution in [3.05, 3.63) is 24.2 Å². The van der Waals surface area contributed by atoms with E-state index in [1.807, 2.05) is 12.3 Å². The van der Waals surface area contributed by atoms with Crippen LogP contribution in [0.3, 0.4) is 0 Å². The van der Waals surface area contributed by atoms with Gasteiger partial charge >= 0.3 is 0 Å². The Hall–Kier alpha value is -2.48. The minimum atomic E-state index is 0.137. The molecule has 0 saturated heterocycles. The van der Waals surface area contributed by atoms with Crippen molar-refractivity contribution in [1.82, 2.24) is 29.9 Å². The van der Waals surface area contributed by atoms with Crippen molar-refractivity contribution in [3.8, 4) is 0 Å². The fourth-order valence-electron chi connectivity index (χ4n) is 3.33. The topological polar surface area (TPSA) is 105 Å². The zero-order valence-electron chi connectivity index (χ0n) is 15.0. The van der Waals surface area contributed by atoms with Crippen LogP contribution in [0.5, 0.6) is 0 Å². The maximum absolute atomic E-state index is 8.91. The molecule has 0 bridgehead atoms. The molecule has 1 saturated carbocycles. The molecule has 4 rings (SSSR count). The number of rotatable bonds is 9. The molecule has 3 heterocycles. The summed E-state index contributed by atoms with van der Waals surface area (Å²) in [4.78, 5) is 12.5. The Labute approximate surface area is 152 Å². The lowest BCUT2D eigenvalue weighted by Crippen LogP contribution is -2.05. The van der Waals surface area contributed by atoms with Crippen LogP contribution in [0.1, 0.15) is 38.3 Å². The summed E-state index contributed by atoms with van der Waals surface area (Å²) in [5.74, 6) is 2.79. The number of H-pyrrole nitrogens is 1.